The van der Waals surface area contributed by atoms with Crippen molar-refractivity contribution < 1.29 is 28.8 Å². The molecule has 2 fully saturated rings. The van der Waals surface area contributed by atoms with Gasteiger partial charge in [-0.3, -0.25) is 4.79 Å². The second kappa shape index (κ2) is 10.6. The van der Waals surface area contributed by atoms with Crippen LogP contribution in [-0.4, -0.2) is 80.4 Å². The molecule has 0 aromatic heterocycles. The Morgan fingerprint density at radius 2 is 2.03 bits per heavy atom. The van der Waals surface area contributed by atoms with Crippen molar-refractivity contribution >= 4 is 17.5 Å². The molecule has 4 rings (SSSR count). The van der Waals surface area contributed by atoms with Gasteiger partial charge in [0.1, 0.15) is 0 Å². The molecule has 2 unspecified atom stereocenters. The lowest BCUT2D eigenvalue weighted by Crippen LogP contribution is -2.48. The predicted octanol–water partition coefficient (Wildman–Crippen LogP) is 2.46. The van der Waals surface area contributed by atoms with E-state index in [2.05, 4.69) is 10.2 Å². The number of piperidine rings is 1. The smallest absolute Gasteiger partial charge is 0.255 e. The van der Waals surface area contributed by atoms with Crippen LogP contribution < -0.4 is 14.8 Å². The van der Waals surface area contributed by atoms with Crippen molar-refractivity contribution in [3.8, 4) is 11.5 Å². The zero-order valence-corrected chi connectivity index (χ0v) is 19.4. The topological polar surface area (TPSA) is 89.5 Å². The number of carbonyl (C=O) groups is 1. The highest BCUT2D eigenvalue weighted by Gasteiger charge is 2.32. The van der Waals surface area contributed by atoms with Crippen LogP contribution in [0.1, 0.15) is 43.0 Å². The molecule has 0 bridgehead atoms. The van der Waals surface area contributed by atoms with Crippen LogP contribution in [0.3, 0.4) is 0 Å². The Hall–Kier alpha value is -1.58. The summed E-state index contributed by atoms with van der Waals surface area (Å²) in [5.74, 6) is 0.200. The van der Waals surface area contributed by atoms with E-state index in [0.29, 0.717) is 61.6 Å². The lowest BCUT2D eigenvalue weighted by molar-refractivity contribution is -0.148. The largest absolute Gasteiger partial charge is 0.489 e. The van der Waals surface area contributed by atoms with Gasteiger partial charge < -0.3 is 34.3 Å². The summed E-state index contributed by atoms with van der Waals surface area (Å²) >= 11 is 6.18. The van der Waals surface area contributed by atoms with Crippen LogP contribution in [0.15, 0.2) is 12.1 Å². The number of β-amino-alcohol motifs (C(OH)–C–C–N with tert-alkyl or cyclic N) is 1. The predicted molar refractivity (Wildman–Crippen MR) is 119 cm³/mol. The fourth-order valence-electron chi connectivity index (χ4n) is 4.54. The Kier molecular flexibility index (Phi) is 7.78. The molecule has 0 saturated carbocycles. The number of carbonyl (C=O) groups excluding carboxylic acids is 1. The van der Waals surface area contributed by atoms with Gasteiger partial charge in [0.25, 0.3) is 5.91 Å². The number of halogens is 1. The lowest BCUT2D eigenvalue weighted by Gasteiger charge is -2.36. The van der Waals surface area contributed by atoms with E-state index >= 15 is 0 Å². The summed E-state index contributed by atoms with van der Waals surface area (Å²) in [6.45, 7) is 7.09. The van der Waals surface area contributed by atoms with Crippen molar-refractivity contribution in [2.45, 2.75) is 44.5 Å². The van der Waals surface area contributed by atoms with Gasteiger partial charge in [0, 0.05) is 42.9 Å². The molecule has 2 atom stereocenters. The van der Waals surface area contributed by atoms with Gasteiger partial charge >= 0.3 is 0 Å². The van der Waals surface area contributed by atoms with Crippen molar-refractivity contribution in [2.75, 3.05) is 52.6 Å². The van der Waals surface area contributed by atoms with Crippen LogP contribution in [0, 0.1) is 5.92 Å². The molecular formula is C23H33ClN2O6. The molecule has 8 nitrogen and oxygen atoms in total. The third-order valence-corrected chi connectivity index (χ3v) is 6.61. The Balaban J connectivity index is 1.25. The van der Waals surface area contributed by atoms with Crippen LogP contribution in [0.2, 0.25) is 5.02 Å². The van der Waals surface area contributed by atoms with E-state index in [9.17, 15) is 9.90 Å². The molecular weight excluding hydrogens is 436 g/mol. The van der Waals surface area contributed by atoms with Gasteiger partial charge in [0.2, 0.25) is 0 Å². The number of fused-ring (bicyclic) bond motifs is 1. The second-order valence-electron chi connectivity index (χ2n) is 8.89. The first-order chi connectivity index (χ1) is 15.4. The Morgan fingerprint density at radius 1 is 1.25 bits per heavy atom. The summed E-state index contributed by atoms with van der Waals surface area (Å²) in [6.07, 6.45) is 2.87. The quantitative estimate of drug-likeness (QED) is 0.635. The molecule has 2 N–H and O–H groups in total. The SMILES string of the molecule is CC1(CCCN2CCC(CNC(=O)c3cc(Cl)cc4c3OCCCO4)C(O)C2)OCCO1. The second-order valence-corrected chi connectivity index (χ2v) is 9.33. The van der Waals surface area contributed by atoms with Gasteiger partial charge in [-0.05, 0) is 38.9 Å². The lowest BCUT2D eigenvalue weighted by atomic mass is 9.93. The highest BCUT2D eigenvalue weighted by atomic mass is 35.5. The average molecular weight is 469 g/mol. The Labute approximate surface area is 194 Å². The molecule has 32 heavy (non-hydrogen) atoms. The van der Waals surface area contributed by atoms with E-state index in [1.165, 1.54) is 0 Å². The number of hydrogen-bond acceptors (Lipinski definition) is 7. The number of hydrogen-bond donors (Lipinski definition) is 2. The van der Waals surface area contributed by atoms with Crippen molar-refractivity contribution in [3.05, 3.63) is 22.7 Å². The molecule has 178 valence electrons. The van der Waals surface area contributed by atoms with Gasteiger partial charge in [0.15, 0.2) is 17.3 Å². The normalized spacial score (nSPS) is 25.3. The monoisotopic (exact) mass is 468 g/mol. The minimum atomic E-state index is -0.491. The third kappa shape index (κ3) is 5.85. The molecule has 9 heteroatoms. The van der Waals surface area contributed by atoms with Gasteiger partial charge in [-0.25, -0.2) is 0 Å². The minimum absolute atomic E-state index is 0.00386. The average Bonchev–Trinajstić information content (AvgIpc) is 3.05. The first-order valence-electron chi connectivity index (χ1n) is 11.5. The number of likely N-dealkylation sites (tertiary alicyclic amines) is 1. The van der Waals surface area contributed by atoms with Gasteiger partial charge in [-0.1, -0.05) is 11.6 Å². The van der Waals surface area contributed by atoms with E-state index < -0.39 is 11.9 Å². The number of benzene rings is 1. The van der Waals surface area contributed by atoms with Gasteiger partial charge in [0.05, 0.1) is 38.1 Å². The zero-order valence-electron chi connectivity index (χ0n) is 18.6. The van der Waals surface area contributed by atoms with E-state index in [1.807, 2.05) is 6.92 Å². The van der Waals surface area contributed by atoms with Gasteiger partial charge in [-0.15, -0.1) is 0 Å². The molecule has 0 spiro atoms. The fourth-order valence-corrected chi connectivity index (χ4v) is 4.75. The summed E-state index contributed by atoms with van der Waals surface area (Å²) in [4.78, 5) is 15.1. The summed E-state index contributed by atoms with van der Waals surface area (Å²) in [7, 11) is 0. The Bertz CT molecular complexity index is 801. The maximum Gasteiger partial charge on any atom is 0.255 e. The summed E-state index contributed by atoms with van der Waals surface area (Å²) in [5, 5.41) is 14.0. The summed E-state index contributed by atoms with van der Waals surface area (Å²) in [5.41, 5.74) is 0.367. The molecule has 3 aliphatic heterocycles. The first-order valence-corrected chi connectivity index (χ1v) is 11.9. The molecule has 3 aliphatic rings. The number of ether oxygens (including phenoxy) is 4. The standard InChI is InChI=1S/C23H33ClN2O6/c1-23(31-10-11-32-23)5-2-6-26-7-4-16(19(27)15-26)14-25-22(28)18-12-17(24)13-20-21(18)30-9-3-8-29-20/h12-13,16,19,27H,2-11,14-15H2,1H3,(H,25,28). The Morgan fingerprint density at radius 3 is 2.81 bits per heavy atom. The van der Waals surface area contributed by atoms with Crippen LogP contribution >= 0.6 is 11.6 Å². The maximum absolute atomic E-state index is 12.9. The summed E-state index contributed by atoms with van der Waals surface area (Å²) < 4.78 is 22.7. The zero-order chi connectivity index (χ0) is 22.6. The molecule has 1 aromatic rings. The van der Waals surface area contributed by atoms with Crippen molar-refractivity contribution in [1.29, 1.82) is 0 Å². The van der Waals surface area contributed by atoms with E-state index in [4.69, 9.17) is 30.5 Å². The maximum atomic E-state index is 12.9. The molecule has 2 saturated heterocycles. The molecule has 0 radical (unpaired) electrons. The highest BCUT2D eigenvalue weighted by Crippen LogP contribution is 2.36. The van der Waals surface area contributed by atoms with E-state index in [-0.39, 0.29) is 11.8 Å². The van der Waals surface area contributed by atoms with Gasteiger partial charge in [-0.2, -0.15) is 0 Å². The van der Waals surface area contributed by atoms with E-state index in [1.54, 1.807) is 12.1 Å². The van der Waals surface area contributed by atoms with Crippen LogP contribution in [-0.2, 0) is 9.47 Å². The summed E-state index contributed by atoms with van der Waals surface area (Å²) in [6, 6.07) is 3.27. The number of aliphatic hydroxyl groups excluding tert-OH is 1. The van der Waals surface area contributed by atoms with Crippen molar-refractivity contribution in [2.24, 2.45) is 5.92 Å². The molecule has 3 heterocycles. The van der Waals surface area contributed by atoms with Crippen LogP contribution in [0.5, 0.6) is 11.5 Å². The molecule has 0 aliphatic carbocycles. The van der Waals surface area contributed by atoms with Crippen LogP contribution in [0.4, 0.5) is 0 Å². The number of aliphatic hydroxyl groups is 1. The minimum Gasteiger partial charge on any atom is -0.489 e. The fraction of sp³-hybridized carbons (Fsp3) is 0.696. The van der Waals surface area contributed by atoms with Crippen molar-refractivity contribution in [1.82, 2.24) is 10.2 Å². The highest BCUT2D eigenvalue weighted by molar-refractivity contribution is 6.31. The van der Waals surface area contributed by atoms with Crippen molar-refractivity contribution in [3.63, 3.8) is 0 Å². The molecule has 1 aromatic carbocycles. The van der Waals surface area contributed by atoms with E-state index in [0.717, 1.165) is 38.8 Å². The third-order valence-electron chi connectivity index (χ3n) is 6.39. The first kappa shape index (κ1) is 23.6. The number of amides is 1. The molecule has 1 amide bonds. The number of nitrogens with one attached hydrogen (secondary N) is 1. The number of nitrogens with zero attached hydrogens (tertiary/aromatic N) is 1. The number of rotatable bonds is 7. The van der Waals surface area contributed by atoms with Crippen LogP contribution in [0.25, 0.3) is 0 Å².